The third-order valence-corrected chi connectivity index (χ3v) is 2.90. The lowest BCUT2D eigenvalue weighted by Gasteiger charge is -2.02. The van der Waals surface area contributed by atoms with Crippen molar-refractivity contribution in [1.82, 2.24) is 10.5 Å². The van der Waals surface area contributed by atoms with E-state index in [1.54, 1.807) is 6.07 Å². The summed E-state index contributed by atoms with van der Waals surface area (Å²) in [5.41, 5.74) is 0.608. The molecular weight excluding hydrogens is 231 g/mol. The van der Waals surface area contributed by atoms with Crippen LogP contribution in [0.1, 0.15) is 18.1 Å². The average Bonchev–Trinajstić information content (AvgIpc) is 2.82. The molecule has 3 nitrogen and oxygen atoms in total. The van der Waals surface area contributed by atoms with E-state index in [1.165, 1.54) is 12.1 Å². The van der Waals surface area contributed by atoms with Crippen LogP contribution in [0.25, 0.3) is 10.9 Å². The fourth-order valence-corrected chi connectivity index (χ4v) is 2.11. The lowest BCUT2D eigenvalue weighted by atomic mass is 10.0. The van der Waals surface area contributed by atoms with Gasteiger partial charge in [0.05, 0.1) is 0 Å². The highest BCUT2D eigenvalue weighted by Gasteiger charge is 2.23. The number of fused-ring (bicyclic) bond motifs is 1. The summed E-state index contributed by atoms with van der Waals surface area (Å²) in [5.74, 6) is 0.988. The van der Waals surface area contributed by atoms with E-state index < -0.39 is 0 Å². The Balaban J connectivity index is 0.000000963. The van der Waals surface area contributed by atoms with Gasteiger partial charge in [0.2, 0.25) is 0 Å². The fourth-order valence-electron chi connectivity index (χ4n) is 2.11. The smallest absolute Gasteiger partial charge is 0.148 e. The number of hydrogen-bond acceptors (Lipinski definition) is 3. The Bertz CT molecular complexity index is 494. The molecule has 2 aromatic rings. The number of nitrogens with one attached hydrogen (secondary N) is 1. The van der Waals surface area contributed by atoms with E-state index in [2.05, 4.69) is 10.5 Å². The Kier molecular flexibility index (Phi) is 3.12. The summed E-state index contributed by atoms with van der Waals surface area (Å²) in [6, 6.07) is 4.60. The van der Waals surface area contributed by atoms with E-state index in [-0.39, 0.29) is 18.2 Å². The molecule has 0 spiro atoms. The molecule has 0 saturated carbocycles. The van der Waals surface area contributed by atoms with Gasteiger partial charge in [0.15, 0.2) is 0 Å². The minimum absolute atomic E-state index is 0. The zero-order chi connectivity index (χ0) is 10.3. The van der Waals surface area contributed by atoms with Crippen LogP contribution < -0.4 is 5.32 Å². The third-order valence-electron chi connectivity index (χ3n) is 2.90. The first-order valence-corrected chi connectivity index (χ1v) is 5.10. The van der Waals surface area contributed by atoms with Crippen molar-refractivity contribution in [2.45, 2.75) is 12.3 Å². The molecule has 86 valence electrons. The highest BCUT2D eigenvalue weighted by Crippen LogP contribution is 2.29. The van der Waals surface area contributed by atoms with E-state index in [4.69, 9.17) is 4.52 Å². The van der Waals surface area contributed by atoms with E-state index in [0.29, 0.717) is 11.4 Å². The van der Waals surface area contributed by atoms with Gasteiger partial charge in [-0.15, -0.1) is 12.4 Å². The summed E-state index contributed by atoms with van der Waals surface area (Å²) in [6.45, 7) is 1.93. The van der Waals surface area contributed by atoms with Gasteiger partial charge in [-0.3, -0.25) is 0 Å². The maximum absolute atomic E-state index is 12.9. The Labute approximate surface area is 98.4 Å². The van der Waals surface area contributed by atoms with E-state index in [1.807, 2.05) is 0 Å². The average molecular weight is 243 g/mol. The first-order valence-electron chi connectivity index (χ1n) is 5.10. The van der Waals surface area contributed by atoms with Gasteiger partial charge in [0, 0.05) is 23.9 Å². The van der Waals surface area contributed by atoms with Gasteiger partial charge >= 0.3 is 0 Å². The lowest BCUT2D eigenvalue weighted by molar-refractivity contribution is 0.372. The first kappa shape index (κ1) is 11.4. The van der Waals surface area contributed by atoms with Crippen LogP contribution in [0.3, 0.4) is 0 Å². The molecule has 5 heteroatoms. The second-order valence-electron chi connectivity index (χ2n) is 3.90. The van der Waals surface area contributed by atoms with Crippen molar-refractivity contribution in [2.75, 3.05) is 13.1 Å². The maximum atomic E-state index is 12.9. The molecule has 1 aliphatic heterocycles. The second-order valence-corrected chi connectivity index (χ2v) is 3.90. The monoisotopic (exact) mass is 242 g/mol. The molecular formula is C11H12ClFN2O. The number of nitrogens with zero attached hydrogens (tertiary/aromatic N) is 1. The van der Waals surface area contributed by atoms with Gasteiger partial charge < -0.3 is 9.84 Å². The molecule has 1 aromatic heterocycles. The number of hydrogen-bond donors (Lipinski definition) is 1. The molecule has 2 heterocycles. The van der Waals surface area contributed by atoms with Crippen molar-refractivity contribution in [1.29, 1.82) is 0 Å². The molecule has 1 unspecified atom stereocenters. The van der Waals surface area contributed by atoms with Crippen LogP contribution >= 0.6 is 12.4 Å². The summed E-state index contributed by atoms with van der Waals surface area (Å²) in [6.07, 6.45) is 1.06. The van der Waals surface area contributed by atoms with Crippen molar-refractivity contribution in [3.05, 3.63) is 29.8 Å². The van der Waals surface area contributed by atoms with Crippen LogP contribution in [0.4, 0.5) is 4.39 Å². The van der Waals surface area contributed by atoms with Crippen LogP contribution in [-0.2, 0) is 0 Å². The van der Waals surface area contributed by atoms with Crippen molar-refractivity contribution >= 4 is 23.3 Å². The predicted molar refractivity (Wildman–Crippen MR) is 61.4 cm³/mol. The topological polar surface area (TPSA) is 38.1 Å². The van der Waals surface area contributed by atoms with Gasteiger partial charge in [0.1, 0.15) is 17.1 Å². The van der Waals surface area contributed by atoms with Crippen molar-refractivity contribution in [3.8, 4) is 0 Å². The van der Waals surface area contributed by atoms with Gasteiger partial charge in [-0.25, -0.2) is 4.39 Å². The van der Waals surface area contributed by atoms with Crippen LogP contribution in [0.5, 0.6) is 0 Å². The number of aromatic nitrogens is 1. The SMILES string of the molecule is Cl.Fc1ccc2c(C3CCNC3)onc2c1. The minimum atomic E-state index is -0.271. The van der Waals surface area contributed by atoms with Gasteiger partial charge in [-0.05, 0) is 25.1 Å². The van der Waals surface area contributed by atoms with Crippen molar-refractivity contribution in [2.24, 2.45) is 0 Å². The van der Waals surface area contributed by atoms with E-state index in [9.17, 15) is 4.39 Å². The number of benzene rings is 1. The molecule has 1 atom stereocenters. The van der Waals surface area contributed by atoms with Crippen LogP contribution in [0, 0.1) is 5.82 Å². The Morgan fingerprint density at radius 2 is 2.31 bits per heavy atom. The largest absolute Gasteiger partial charge is 0.360 e. The number of rotatable bonds is 1. The standard InChI is InChI=1S/C11H11FN2O.ClH/c12-8-1-2-9-10(5-8)14-15-11(9)7-3-4-13-6-7;/h1-2,5,7,13H,3-4,6H2;1H. The molecule has 0 bridgehead atoms. The molecule has 3 rings (SSSR count). The molecule has 1 aromatic carbocycles. The lowest BCUT2D eigenvalue weighted by Crippen LogP contribution is -2.07. The zero-order valence-corrected chi connectivity index (χ0v) is 9.39. The fraction of sp³-hybridized carbons (Fsp3) is 0.364. The molecule has 1 fully saturated rings. The summed E-state index contributed by atoms with van der Waals surface area (Å²) in [7, 11) is 0. The molecule has 0 aliphatic carbocycles. The van der Waals surface area contributed by atoms with Gasteiger partial charge in [0.25, 0.3) is 0 Å². The zero-order valence-electron chi connectivity index (χ0n) is 8.57. The number of halogens is 2. The molecule has 1 saturated heterocycles. The van der Waals surface area contributed by atoms with Crippen LogP contribution in [-0.4, -0.2) is 18.2 Å². The summed E-state index contributed by atoms with van der Waals surface area (Å²) < 4.78 is 18.2. The molecule has 16 heavy (non-hydrogen) atoms. The second kappa shape index (κ2) is 4.39. The van der Waals surface area contributed by atoms with Crippen molar-refractivity contribution in [3.63, 3.8) is 0 Å². The summed E-state index contributed by atoms with van der Waals surface area (Å²) in [5, 5.41) is 8.09. The normalized spacial score (nSPS) is 19.9. The predicted octanol–water partition coefficient (Wildman–Crippen LogP) is 2.47. The highest BCUT2D eigenvalue weighted by molar-refractivity contribution is 5.85. The van der Waals surface area contributed by atoms with E-state index >= 15 is 0 Å². The quantitative estimate of drug-likeness (QED) is 0.835. The first-order chi connectivity index (χ1) is 7.34. The molecule has 1 N–H and O–H groups in total. The van der Waals surface area contributed by atoms with Crippen molar-refractivity contribution < 1.29 is 8.91 Å². The molecule has 0 radical (unpaired) electrons. The maximum Gasteiger partial charge on any atom is 0.148 e. The van der Waals surface area contributed by atoms with Gasteiger partial charge in [-0.1, -0.05) is 5.16 Å². The summed E-state index contributed by atoms with van der Waals surface area (Å²) in [4.78, 5) is 0. The minimum Gasteiger partial charge on any atom is -0.360 e. The highest BCUT2D eigenvalue weighted by atomic mass is 35.5. The third kappa shape index (κ3) is 1.79. The Morgan fingerprint density at radius 3 is 3.06 bits per heavy atom. The molecule has 0 amide bonds. The van der Waals surface area contributed by atoms with Crippen LogP contribution in [0.2, 0.25) is 0 Å². The van der Waals surface area contributed by atoms with Gasteiger partial charge in [-0.2, -0.15) is 0 Å². The molecule has 1 aliphatic rings. The Hall–Kier alpha value is -1.13. The van der Waals surface area contributed by atoms with Crippen LogP contribution in [0.15, 0.2) is 22.7 Å². The Morgan fingerprint density at radius 1 is 1.44 bits per heavy atom. The summed E-state index contributed by atoms with van der Waals surface area (Å²) >= 11 is 0. The van der Waals surface area contributed by atoms with E-state index in [0.717, 1.165) is 30.7 Å².